The van der Waals surface area contributed by atoms with Crippen LogP contribution in [-0.4, -0.2) is 32.6 Å². The van der Waals surface area contributed by atoms with Gasteiger partial charge in [0.25, 0.3) is 0 Å². The van der Waals surface area contributed by atoms with E-state index < -0.39 is 0 Å². The molecule has 1 aliphatic heterocycles. The molecule has 0 N–H and O–H groups in total. The van der Waals surface area contributed by atoms with Crippen LogP contribution in [-0.2, 0) is 13.5 Å². The molecule has 3 rings (SSSR count). The quantitative estimate of drug-likeness (QED) is 0.856. The Labute approximate surface area is 119 Å². The molecule has 0 unspecified atom stereocenters. The van der Waals surface area contributed by atoms with Gasteiger partial charge in [-0.05, 0) is 25.7 Å². The Morgan fingerprint density at radius 2 is 2.05 bits per heavy atom. The van der Waals surface area contributed by atoms with Crippen LogP contribution < -0.4 is 4.90 Å². The summed E-state index contributed by atoms with van der Waals surface area (Å²) in [6, 6.07) is 0. The largest absolute Gasteiger partial charge is 0.355 e. The third-order valence-electron chi connectivity index (χ3n) is 4.07. The van der Waals surface area contributed by atoms with Crippen molar-refractivity contribution in [3.05, 3.63) is 36.3 Å². The minimum Gasteiger partial charge on any atom is -0.355 e. The first kappa shape index (κ1) is 13.1. The standard InChI is InChI=1S/C15H21N5/c1-12-10-16-11-15(18-12)20-6-3-13(4-7-20)9-14-17-5-8-19(14)2/h5,8,10-11,13H,3-4,6-7,9H2,1-2H3. The smallest absolute Gasteiger partial charge is 0.147 e. The highest BCUT2D eigenvalue weighted by Gasteiger charge is 2.21. The number of anilines is 1. The summed E-state index contributed by atoms with van der Waals surface area (Å²) < 4.78 is 2.12. The summed E-state index contributed by atoms with van der Waals surface area (Å²) in [6.07, 6.45) is 11.0. The highest BCUT2D eigenvalue weighted by atomic mass is 15.2. The Kier molecular flexibility index (Phi) is 3.67. The van der Waals surface area contributed by atoms with Crippen LogP contribution in [0.1, 0.15) is 24.4 Å². The fourth-order valence-electron chi connectivity index (χ4n) is 2.82. The van der Waals surface area contributed by atoms with Crippen LogP contribution in [0.5, 0.6) is 0 Å². The average molecular weight is 271 g/mol. The molecule has 20 heavy (non-hydrogen) atoms. The Bertz CT molecular complexity index is 569. The highest BCUT2D eigenvalue weighted by Crippen LogP contribution is 2.23. The summed E-state index contributed by atoms with van der Waals surface area (Å²) in [6.45, 7) is 4.12. The molecule has 106 valence electrons. The minimum absolute atomic E-state index is 0.727. The average Bonchev–Trinajstić information content (AvgIpc) is 2.85. The maximum atomic E-state index is 4.56. The lowest BCUT2D eigenvalue weighted by atomic mass is 9.93. The van der Waals surface area contributed by atoms with Crippen LogP contribution in [0.3, 0.4) is 0 Å². The van der Waals surface area contributed by atoms with E-state index in [4.69, 9.17) is 0 Å². The predicted octanol–water partition coefficient (Wildman–Crippen LogP) is 1.98. The van der Waals surface area contributed by atoms with Gasteiger partial charge < -0.3 is 9.47 Å². The topological polar surface area (TPSA) is 46.8 Å². The van der Waals surface area contributed by atoms with Crippen molar-refractivity contribution in [1.29, 1.82) is 0 Å². The lowest BCUT2D eigenvalue weighted by Gasteiger charge is -2.32. The van der Waals surface area contributed by atoms with Gasteiger partial charge >= 0.3 is 0 Å². The monoisotopic (exact) mass is 271 g/mol. The maximum Gasteiger partial charge on any atom is 0.147 e. The Hall–Kier alpha value is -1.91. The number of aryl methyl sites for hydroxylation is 2. The number of piperidine rings is 1. The van der Waals surface area contributed by atoms with Gasteiger partial charge in [0.1, 0.15) is 11.6 Å². The molecular weight excluding hydrogens is 250 g/mol. The fraction of sp³-hybridized carbons (Fsp3) is 0.533. The normalized spacial score (nSPS) is 16.6. The van der Waals surface area contributed by atoms with Crippen molar-refractivity contribution in [3.63, 3.8) is 0 Å². The Morgan fingerprint density at radius 3 is 2.70 bits per heavy atom. The van der Waals surface area contributed by atoms with Gasteiger partial charge in [0, 0.05) is 45.1 Å². The van der Waals surface area contributed by atoms with Crippen LogP contribution in [0.25, 0.3) is 0 Å². The molecule has 0 aromatic carbocycles. The zero-order valence-corrected chi connectivity index (χ0v) is 12.2. The van der Waals surface area contributed by atoms with E-state index in [1.807, 2.05) is 25.5 Å². The molecule has 5 nitrogen and oxygen atoms in total. The summed E-state index contributed by atoms with van der Waals surface area (Å²) in [4.78, 5) is 15.6. The third-order valence-corrected chi connectivity index (χ3v) is 4.07. The minimum atomic E-state index is 0.727. The van der Waals surface area contributed by atoms with Crippen molar-refractivity contribution < 1.29 is 0 Å². The van der Waals surface area contributed by atoms with E-state index in [0.29, 0.717) is 0 Å². The first-order valence-electron chi connectivity index (χ1n) is 7.22. The van der Waals surface area contributed by atoms with Crippen LogP contribution in [0.15, 0.2) is 24.8 Å². The van der Waals surface area contributed by atoms with E-state index >= 15 is 0 Å². The summed E-state index contributed by atoms with van der Waals surface area (Å²) in [5.41, 5.74) is 0.984. The van der Waals surface area contributed by atoms with Gasteiger partial charge in [0.2, 0.25) is 0 Å². The molecule has 5 heteroatoms. The molecule has 1 aliphatic rings. The molecule has 3 heterocycles. The first-order chi connectivity index (χ1) is 9.72. The maximum absolute atomic E-state index is 4.56. The molecule has 0 radical (unpaired) electrons. The molecule has 0 saturated carbocycles. The van der Waals surface area contributed by atoms with Crippen LogP contribution in [0.2, 0.25) is 0 Å². The van der Waals surface area contributed by atoms with Crippen LogP contribution in [0, 0.1) is 12.8 Å². The second kappa shape index (κ2) is 5.61. The Morgan fingerprint density at radius 1 is 1.25 bits per heavy atom. The van der Waals surface area contributed by atoms with Gasteiger partial charge in [-0.2, -0.15) is 0 Å². The molecule has 1 saturated heterocycles. The zero-order chi connectivity index (χ0) is 13.9. The number of rotatable bonds is 3. The van der Waals surface area contributed by atoms with Crippen molar-refractivity contribution >= 4 is 5.82 Å². The van der Waals surface area contributed by atoms with E-state index in [9.17, 15) is 0 Å². The molecule has 0 amide bonds. The van der Waals surface area contributed by atoms with Crippen molar-refractivity contribution in [2.24, 2.45) is 13.0 Å². The van der Waals surface area contributed by atoms with Crippen molar-refractivity contribution in [1.82, 2.24) is 19.5 Å². The number of hydrogen-bond donors (Lipinski definition) is 0. The first-order valence-corrected chi connectivity index (χ1v) is 7.22. The molecule has 0 spiro atoms. The van der Waals surface area contributed by atoms with E-state index in [-0.39, 0.29) is 0 Å². The fourth-order valence-corrected chi connectivity index (χ4v) is 2.82. The lowest BCUT2D eigenvalue weighted by Crippen LogP contribution is -2.35. The van der Waals surface area contributed by atoms with Gasteiger partial charge in [0.15, 0.2) is 0 Å². The summed E-state index contributed by atoms with van der Waals surface area (Å²) >= 11 is 0. The second-order valence-corrected chi connectivity index (χ2v) is 5.61. The highest BCUT2D eigenvalue weighted by molar-refractivity contribution is 5.36. The molecule has 2 aromatic heterocycles. The van der Waals surface area contributed by atoms with Gasteiger partial charge in [0.05, 0.1) is 11.9 Å². The number of hydrogen-bond acceptors (Lipinski definition) is 4. The number of aromatic nitrogens is 4. The molecular formula is C15H21N5. The van der Waals surface area contributed by atoms with Gasteiger partial charge in [-0.1, -0.05) is 0 Å². The molecule has 1 fully saturated rings. The molecule has 0 atom stereocenters. The number of nitrogens with zero attached hydrogens (tertiary/aromatic N) is 5. The second-order valence-electron chi connectivity index (χ2n) is 5.61. The molecule has 0 bridgehead atoms. The summed E-state index contributed by atoms with van der Waals surface area (Å²) in [5, 5.41) is 0. The van der Waals surface area contributed by atoms with Gasteiger partial charge in [-0.15, -0.1) is 0 Å². The van der Waals surface area contributed by atoms with E-state index in [2.05, 4.69) is 31.5 Å². The SMILES string of the molecule is Cc1cncc(N2CCC(Cc3nccn3C)CC2)n1. The van der Waals surface area contributed by atoms with Crippen LogP contribution in [0.4, 0.5) is 5.82 Å². The third kappa shape index (κ3) is 2.81. The Balaban J connectivity index is 1.58. The molecule has 0 aliphatic carbocycles. The van der Waals surface area contributed by atoms with Crippen molar-refractivity contribution in [3.8, 4) is 0 Å². The lowest BCUT2D eigenvalue weighted by molar-refractivity contribution is 0.392. The zero-order valence-electron chi connectivity index (χ0n) is 12.2. The van der Waals surface area contributed by atoms with E-state index in [1.54, 1.807) is 6.20 Å². The predicted molar refractivity (Wildman–Crippen MR) is 78.6 cm³/mol. The van der Waals surface area contributed by atoms with E-state index in [0.717, 1.165) is 36.9 Å². The van der Waals surface area contributed by atoms with Crippen molar-refractivity contribution in [2.75, 3.05) is 18.0 Å². The van der Waals surface area contributed by atoms with E-state index in [1.165, 1.54) is 18.7 Å². The van der Waals surface area contributed by atoms with Crippen molar-refractivity contribution in [2.45, 2.75) is 26.2 Å². The van der Waals surface area contributed by atoms with Gasteiger partial charge in [-0.25, -0.2) is 9.97 Å². The summed E-state index contributed by atoms with van der Waals surface area (Å²) in [7, 11) is 2.07. The van der Waals surface area contributed by atoms with Gasteiger partial charge in [-0.3, -0.25) is 4.98 Å². The van der Waals surface area contributed by atoms with Crippen LogP contribution >= 0.6 is 0 Å². The summed E-state index contributed by atoms with van der Waals surface area (Å²) in [5.74, 6) is 2.93. The molecule has 2 aromatic rings. The number of imidazole rings is 1.